The first kappa shape index (κ1) is 74.4. The molecule has 6 aromatic carbocycles. The van der Waals surface area contributed by atoms with Gasteiger partial charge < -0.3 is 23.8 Å². The average molecular weight is 1300 g/mol. The van der Waals surface area contributed by atoms with E-state index in [4.69, 9.17) is 28.4 Å². The van der Waals surface area contributed by atoms with E-state index in [-0.39, 0.29) is 68.0 Å². The molecule has 0 aliphatic heterocycles. The van der Waals surface area contributed by atoms with Crippen LogP contribution < -0.4 is 108 Å². The van der Waals surface area contributed by atoms with Crippen LogP contribution in [0.15, 0.2) is 141 Å². The summed E-state index contributed by atoms with van der Waals surface area (Å²) in [4.78, 5) is 61.7. The third-order valence-electron chi connectivity index (χ3n) is 11.3. The van der Waals surface area contributed by atoms with Crippen molar-refractivity contribution in [2.24, 2.45) is 5.14 Å². The van der Waals surface area contributed by atoms with E-state index in [1.54, 1.807) is 44.6 Å². The van der Waals surface area contributed by atoms with Crippen molar-refractivity contribution in [2.75, 3.05) is 37.7 Å². The van der Waals surface area contributed by atoms with E-state index in [9.17, 15) is 44.4 Å². The number of H-pyrrole nitrogens is 2. The Morgan fingerprint density at radius 3 is 1.29 bits per heavy atom. The number of benzene rings is 6. The Morgan fingerprint density at radius 2 is 0.952 bits per heavy atom. The molecule has 0 saturated carbocycles. The van der Waals surface area contributed by atoms with E-state index in [1.807, 2.05) is 66.7 Å². The van der Waals surface area contributed by atoms with Gasteiger partial charge in [0.15, 0.2) is 0 Å². The van der Waals surface area contributed by atoms with Crippen LogP contribution in [-0.4, -0.2) is 140 Å². The van der Waals surface area contributed by atoms with Gasteiger partial charge in [0, 0.05) is 52.5 Å². The number of fused-ring (bicyclic) bond motifs is 2. The van der Waals surface area contributed by atoms with Gasteiger partial charge in [-0.15, -0.1) is 0 Å². The first-order chi connectivity index (χ1) is 38.0. The Labute approximate surface area is 568 Å². The second-order valence-corrected chi connectivity index (χ2v) is 25.5. The van der Waals surface area contributed by atoms with Crippen LogP contribution in [0.3, 0.4) is 0 Å². The molecule has 0 amide bonds. The predicted molar refractivity (Wildman–Crippen MR) is 315 cm³/mol. The Balaban J connectivity index is 0.000000361. The minimum absolute atomic E-state index is 0. The summed E-state index contributed by atoms with van der Waals surface area (Å²) in [5, 5.41) is 16.3. The molecule has 0 aliphatic rings. The molecule has 428 valence electrons. The second-order valence-electron chi connectivity index (χ2n) is 19.9. The number of aromatic amines is 2. The van der Waals surface area contributed by atoms with Gasteiger partial charge in [0.25, 0.3) is 11.1 Å². The van der Waals surface area contributed by atoms with Crippen LogP contribution in [0.4, 0.5) is 5.69 Å². The third-order valence-corrected chi connectivity index (χ3v) is 12.5. The van der Waals surface area contributed by atoms with Crippen molar-refractivity contribution in [2.45, 2.75) is 52.4 Å². The molecule has 83 heavy (non-hydrogen) atoms. The molecular weight excluding hydrogens is 1240 g/mol. The predicted octanol–water partition coefficient (Wildman–Crippen LogP) is 1.46. The zero-order valence-corrected chi connectivity index (χ0v) is 60.8. The van der Waals surface area contributed by atoms with Crippen LogP contribution in [0.1, 0.15) is 52.7 Å². The molecule has 5 N–H and O–H groups in total. The summed E-state index contributed by atoms with van der Waals surface area (Å²) in [6.45, 7) is 12.3. The maximum atomic E-state index is 12.5. The van der Waals surface area contributed by atoms with E-state index < -0.39 is 60.9 Å². The monoisotopic (exact) mass is 1290 g/mol. The molecule has 2 heterocycles. The number of primary sulfonamides is 1. The average Bonchev–Trinajstić information content (AvgIpc) is 3.43. The number of aromatic nitrogens is 4. The molecule has 0 bridgehead atoms. The number of nitrogens with zero attached hydrogens (tertiary/aromatic N) is 2. The maximum absolute atomic E-state index is 12.5. The van der Waals surface area contributed by atoms with E-state index in [0.29, 0.717) is 28.6 Å². The Kier molecular flexibility index (Phi) is 28.5. The Morgan fingerprint density at radius 1 is 0.590 bits per heavy atom. The molecule has 0 spiro atoms. The van der Waals surface area contributed by atoms with Gasteiger partial charge in [0.05, 0.1) is 44.4 Å². The summed E-state index contributed by atoms with van der Waals surface area (Å²) in [5.41, 5.74) is 4.12. The fourth-order valence-corrected chi connectivity index (χ4v) is 9.05. The van der Waals surface area contributed by atoms with Gasteiger partial charge in [-0.1, -0.05) is 77.9 Å². The summed E-state index contributed by atoms with van der Waals surface area (Å²) < 4.78 is 98.2. The molecule has 8 rings (SSSR count). The molecule has 1 unspecified atom stereocenters. The molecular formula is C53H58K3N6O17PS3. The topological polar surface area (TPSA) is 350 Å². The number of anilines is 1. The fourth-order valence-electron chi connectivity index (χ4n) is 8.04. The van der Waals surface area contributed by atoms with Crippen LogP contribution in [0.2, 0.25) is 0 Å². The van der Waals surface area contributed by atoms with Gasteiger partial charge in [-0.3, -0.25) is 33.4 Å². The first-order valence-corrected chi connectivity index (χ1v) is 47.2. The van der Waals surface area contributed by atoms with Gasteiger partial charge in [0.2, 0.25) is 20.0 Å². The van der Waals surface area contributed by atoms with Crippen LogP contribution in [0.25, 0.3) is 55.2 Å². The van der Waals surface area contributed by atoms with E-state index in [2.05, 4.69) is 66.0 Å². The molecule has 0 radical (unpaired) electrons. The number of rotatable bonds is 11. The zero-order valence-electron chi connectivity index (χ0n) is 48.1. The van der Waals surface area contributed by atoms with Crippen LogP contribution in [0, 0.1) is 0 Å². The number of ether oxygens (including phenoxy) is 2. The Bertz CT molecular complexity index is 4000. The van der Waals surface area contributed by atoms with Gasteiger partial charge >= 0.3 is 144 Å². The molecule has 23 nitrogen and oxygen atoms in total. The Hall–Kier alpha value is -2.90. The van der Waals surface area contributed by atoms with Gasteiger partial charge in [0.1, 0.15) is 17.2 Å². The third kappa shape index (κ3) is 23.0. The minimum atomic E-state index is -3.63. The number of nitrogens with one attached hydrogen (secondary N) is 3. The molecule has 1 atom stereocenters. The number of nitrogens with two attached hydrogens (primary N) is 1. The van der Waals surface area contributed by atoms with Crippen molar-refractivity contribution in [1.29, 1.82) is 0 Å². The molecule has 0 fully saturated rings. The SMILES string of the molecule is COc1c(-c2ccc3cc(NS(C)(=O)=O)ccc3c2)cc(-n2ccc(=O)[nH]c2=O)cc1C(C)(C)C.COc1c(-c2ccc3cc(OS(C)(=O)=O)ccc3c2)cc(-n2ccc(=O)[nH]c2=O)cc1C(C)(C)C.CS(N)(=O)=O.O=[P+]([O-])O[O-].[K+].[K][K]. The summed E-state index contributed by atoms with van der Waals surface area (Å²) in [6.07, 6.45) is 5.95. The van der Waals surface area contributed by atoms with Crippen molar-refractivity contribution >= 4 is 129 Å². The van der Waals surface area contributed by atoms with Crippen molar-refractivity contribution < 1.29 is 110 Å². The van der Waals surface area contributed by atoms with Crippen molar-refractivity contribution in [3.63, 3.8) is 0 Å². The van der Waals surface area contributed by atoms with Crippen LogP contribution in [-0.2, 0) is 50.2 Å². The zero-order chi connectivity index (χ0) is 61.9. The normalized spacial score (nSPS) is 11.6. The van der Waals surface area contributed by atoms with E-state index in [1.165, 1.54) is 96.8 Å². The van der Waals surface area contributed by atoms with Crippen LogP contribution >= 0.6 is 8.25 Å². The van der Waals surface area contributed by atoms with Crippen molar-refractivity contribution in [1.82, 2.24) is 19.1 Å². The fraction of sp³-hybridized carbons (Fsp3) is 0.245. The summed E-state index contributed by atoms with van der Waals surface area (Å²) in [7, 11) is -10.1. The quantitative estimate of drug-likeness (QED) is 0.0468. The number of sulfonamides is 2. The molecule has 0 aliphatic carbocycles. The summed E-state index contributed by atoms with van der Waals surface area (Å²) >= 11 is 2.50. The number of methoxy groups -OCH3 is 2. The summed E-state index contributed by atoms with van der Waals surface area (Å²) in [5.74, 6) is 1.60. The molecule has 0 saturated heterocycles. The van der Waals surface area contributed by atoms with Crippen molar-refractivity contribution in [3.8, 4) is 50.9 Å². The van der Waals surface area contributed by atoms with Gasteiger partial charge in [-0.2, -0.15) is 8.42 Å². The van der Waals surface area contributed by atoms with E-state index >= 15 is 0 Å². The van der Waals surface area contributed by atoms with Crippen LogP contribution in [0.5, 0.6) is 17.2 Å². The van der Waals surface area contributed by atoms with E-state index in [0.717, 1.165) is 73.7 Å². The standard InChI is InChI=1S/C26H27N3O5S.C26H26N2O6S.CH5NO2S.3K.HO4P/c1-26(2,3)22-15-20(29-11-10-23(30)27-25(29)31)14-21(24(22)34-4)18-7-6-17-13-19(28-35(5,32)33)9-8-16(17)12-18;1-26(2,3)22-15-19(28-11-10-23(29)27-25(28)30)14-21(24(22)33-4)18-7-6-17-13-20(34-35(5,31)32)9-8-16(17)12-18;1-5(2,3)4;;;;1-4-5(2)3/h6-15,28H,1-5H3,(H,27,30,31);6-15H,1-5H3,(H,27,29,30);1H3,(H2,2,3,4);;;;1H/q;;;;;+1;/p-1. The second kappa shape index (κ2) is 31.8. The molecule has 2 aromatic heterocycles. The summed E-state index contributed by atoms with van der Waals surface area (Å²) in [6, 6.07) is 32.0. The van der Waals surface area contributed by atoms with Gasteiger partial charge in [-0.05, 0) is 109 Å². The first-order valence-electron chi connectivity index (χ1n) is 24.5. The van der Waals surface area contributed by atoms with Crippen molar-refractivity contribution in [3.05, 3.63) is 174 Å². The molecule has 8 aromatic rings. The van der Waals surface area contributed by atoms with Gasteiger partial charge in [-0.25, -0.2) is 36.2 Å². The number of hydrogen-bond acceptors (Lipinski definition) is 17. The number of hydrogen-bond donors (Lipinski definition) is 4. The molecule has 30 heteroatoms.